The van der Waals surface area contributed by atoms with Gasteiger partial charge in [-0.1, -0.05) is 24.3 Å². The average Bonchev–Trinajstić information content (AvgIpc) is 2.55. The monoisotopic (exact) mass is 281 g/mol. The van der Waals surface area contributed by atoms with Gasteiger partial charge in [0.25, 0.3) is 0 Å². The Bertz CT molecular complexity index is 657. The topological polar surface area (TPSA) is 89.0 Å². The molecule has 5 heteroatoms. The lowest BCUT2D eigenvalue weighted by atomic mass is 10.0. The summed E-state index contributed by atoms with van der Waals surface area (Å²) in [6, 6.07) is 12.7. The highest BCUT2D eigenvalue weighted by molar-refractivity contribution is 5.70. The standard InChI is InChI=1S/C16H15N3O2/c1-21-16(20)8-15(18)12-4-2-11(3-5-12)13-6-7-14(9-17)19-10-13/h2-7,10,15H,8,18H2,1H3. The van der Waals surface area contributed by atoms with Crippen molar-refractivity contribution in [3.05, 3.63) is 53.9 Å². The summed E-state index contributed by atoms with van der Waals surface area (Å²) in [5, 5.41) is 8.72. The van der Waals surface area contributed by atoms with Gasteiger partial charge in [-0.25, -0.2) is 4.98 Å². The molecule has 0 fully saturated rings. The molecule has 1 unspecified atom stereocenters. The Kier molecular flexibility index (Phi) is 4.64. The molecule has 2 rings (SSSR count). The van der Waals surface area contributed by atoms with Crippen LogP contribution in [0.4, 0.5) is 0 Å². The molecular formula is C16H15N3O2. The maximum atomic E-state index is 11.2. The van der Waals surface area contributed by atoms with Gasteiger partial charge < -0.3 is 10.5 Å². The molecule has 0 aliphatic rings. The first-order valence-corrected chi connectivity index (χ1v) is 6.43. The second-order valence-corrected chi connectivity index (χ2v) is 4.55. The van der Waals surface area contributed by atoms with Gasteiger partial charge >= 0.3 is 5.97 Å². The van der Waals surface area contributed by atoms with E-state index in [1.54, 1.807) is 12.3 Å². The van der Waals surface area contributed by atoms with Gasteiger partial charge in [-0.05, 0) is 23.3 Å². The number of nitrogens with two attached hydrogens (primary N) is 1. The molecule has 0 bridgehead atoms. The third-order valence-electron chi connectivity index (χ3n) is 3.16. The van der Waals surface area contributed by atoms with Crippen LogP contribution in [0.3, 0.4) is 0 Å². The third-order valence-corrected chi connectivity index (χ3v) is 3.16. The normalized spacial score (nSPS) is 11.5. The van der Waals surface area contributed by atoms with Crippen LogP contribution in [-0.2, 0) is 9.53 Å². The van der Waals surface area contributed by atoms with E-state index in [-0.39, 0.29) is 18.4 Å². The number of rotatable bonds is 4. The van der Waals surface area contributed by atoms with Crippen molar-refractivity contribution in [3.63, 3.8) is 0 Å². The number of nitriles is 1. The fourth-order valence-electron chi connectivity index (χ4n) is 1.93. The highest BCUT2D eigenvalue weighted by Crippen LogP contribution is 2.22. The van der Waals surface area contributed by atoms with E-state index < -0.39 is 0 Å². The Labute approximate surface area is 123 Å². The van der Waals surface area contributed by atoms with Crippen molar-refractivity contribution in [2.75, 3.05) is 7.11 Å². The van der Waals surface area contributed by atoms with Gasteiger partial charge in [0, 0.05) is 17.8 Å². The van der Waals surface area contributed by atoms with Gasteiger partial charge in [0.1, 0.15) is 11.8 Å². The number of carbonyl (C=O) groups is 1. The lowest BCUT2D eigenvalue weighted by Crippen LogP contribution is -2.16. The van der Waals surface area contributed by atoms with E-state index in [9.17, 15) is 4.79 Å². The van der Waals surface area contributed by atoms with E-state index in [1.807, 2.05) is 36.4 Å². The number of esters is 1. The van der Waals surface area contributed by atoms with Crippen LogP contribution >= 0.6 is 0 Å². The highest BCUT2D eigenvalue weighted by Gasteiger charge is 2.11. The fourth-order valence-corrected chi connectivity index (χ4v) is 1.93. The molecule has 1 aromatic heterocycles. The van der Waals surface area contributed by atoms with Crippen LogP contribution in [0.2, 0.25) is 0 Å². The zero-order valence-corrected chi connectivity index (χ0v) is 11.6. The Hall–Kier alpha value is -2.71. The minimum absolute atomic E-state index is 0.147. The zero-order chi connectivity index (χ0) is 15.2. The predicted octanol–water partition coefficient (Wildman–Crippen LogP) is 2.18. The SMILES string of the molecule is COC(=O)CC(N)c1ccc(-c2ccc(C#N)nc2)cc1. The molecule has 0 aliphatic heterocycles. The molecular weight excluding hydrogens is 266 g/mol. The van der Waals surface area contributed by atoms with Crippen molar-refractivity contribution < 1.29 is 9.53 Å². The van der Waals surface area contributed by atoms with Crippen molar-refractivity contribution in [1.82, 2.24) is 4.98 Å². The molecule has 106 valence electrons. The number of ether oxygens (including phenoxy) is 1. The first-order valence-electron chi connectivity index (χ1n) is 6.43. The molecule has 0 amide bonds. The summed E-state index contributed by atoms with van der Waals surface area (Å²) in [4.78, 5) is 15.2. The van der Waals surface area contributed by atoms with E-state index in [4.69, 9.17) is 11.0 Å². The molecule has 0 saturated carbocycles. The first-order chi connectivity index (χ1) is 10.1. The smallest absolute Gasteiger partial charge is 0.307 e. The van der Waals surface area contributed by atoms with Crippen molar-refractivity contribution in [2.45, 2.75) is 12.5 Å². The molecule has 0 radical (unpaired) electrons. The van der Waals surface area contributed by atoms with Crippen LogP contribution in [0, 0.1) is 11.3 Å². The first kappa shape index (κ1) is 14.7. The van der Waals surface area contributed by atoms with Crippen LogP contribution in [-0.4, -0.2) is 18.1 Å². The molecule has 1 aromatic carbocycles. The van der Waals surface area contributed by atoms with E-state index >= 15 is 0 Å². The largest absolute Gasteiger partial charge is 0.469 e. The van der Waals surface area contributed by atoms with Crippen LogP contribution in [0.5, 0.6) is 0 Å². The summed E-state index contributed by atoms with van der Waals surface area (Å²) in [5.41, 5.74) is 9.09. The number of aromatic nitrogens is 1. The average molecular weight is 281 g/mol. The maximum absolute atomic E-state index is 11.2. The number of hydrogen-bond donors (Lipinski definition) is 1. The van der Waals surface area contributed by atoms with E-state index in [0.29, 0.717) is 5.69 Å². The Morgan fingerprint density at radius 1 is 1.29 bits per heavy atom. The maximum Gasteiger partial charge on any atom is 0.307 e. The summed E-state index contributed by atoms with van der Waals surface area (Å²) in [6.45, 7) is 0. The van der Waals surface area contributed by atoms with Gasteiger partial charge in [0.2, 0.25) is 0 Å². The van der Waals surface area contributed by atoms with Gasteiger partial charge in [-0.3, -0.25) is 4.79 Å². The number of carbonyl (C=O) groups excluding carboxylic acids is 1. The summed E-state index contributed by atoms with van der Waals surface area (Å²) >= 11 is 0. The molecule has 0 aliphatic carbocycles. The van der Waals surface area contributed by atoms with Gasteiger partial charge in [0.15, 0.2) is 0 Å². The van der Waals surface area contributed by atoms with Gasteiger partial charge in [0.05, 0.1) is 13.5 Å². The van der Waals surface area contributed by atoms with Crippen molar-refractivity contribution in [2.24, 2.45) is 5.73 Å². The van der Waals surface area contributed by atoms with E-state index in [1.165, 1.54) is 7.11 Å². The molecule has 0 spiro atoms. The number of pyridine rings is 1. The number of hydrogen-bond acceptors (Lipinski definition) is 5. The quantitative estimate of drug-likeness (QED) is 0.868. The van der Waals surface area contributed by atoms with Crippen molar-refractivity contribution in [1.29, 1.82) is 5.26 Å². The molecule has 5 nitrogen and oxygen atoms in total. The molecule has 1 heterocycles. The van der Waals surface area contributed by atoms with Crippen molar-refractivity contribution in [3.8, 4) is 17.2 Å². The molecule has 0 saturated heterocycles. The zero-order valence-electron chi connectivity index (χ0n) is 11.6. The summed E-state index contributed by atoms with van der Waals surface area (Å²) in [7, 11) is 1.34. The Morgan fingerprint density at radius 2 is 1.95 bits per heavy atom. The van der Waals surface area contributed by atoms with E-state index in [0.717, 1.165) is 16.7 Å². The summed E-state index contributed by atoms with van der Waals surface area (Å²) in [6.07, 6.45) is 1.80. The van der Waals surface area contributed by atoms with E-state index in [2.05, 4.69) is 9.72 Å². The Morgan fingerprint density at radius 3 is 2.48 bits per heavy atom. The number of benzene rings is 1. The Balaban J connectivity index is 2.14. The molecule has 21 heavy (non-hydrogen) atoms. The number of methoxy groups -OCH3 is 1. The number of nitrogens with zero attached hydrogens (tertiary/aromatic N) is 2. The summed E-state index contributed by atoms with van der Waals surface area (Å²) < 4.78 is 4.60. The van der Waals surface area contributed by atoms with Gasteiger partial charge in [-0.2, -0.15) is 5.26 Å². The minimum Gasteiger partial charge on any atom is -0.469 e. The molecule has 1 atom stereocenters. The fraction of sp³-hybridized carbons (Fsp3) is 0.188. The highest BCUT2D eigenvalue weighted by atomic mass is 16.5. The molecule has 2 N–H and O–H groups in total. The minimum atomic E-state index is -0.384. The summed E-state index contributed by atoms with van der Waals surface area (Å²) in [5.74, 6) is -0.331. The van der Waals surface area contributed by atoms with Crippen LogP contribution in [0.25, 0.3) is 11.1 Å². The predicted molar refractivity (Wildman–Crippen MR) is 77.9 cm³/mol. The lowest BCUT2D eigenvalue weighted by molar-refractivity contribution is -0.141. The van der Waals surface area contributed by atoms with Crippen LogP contribution < -0.4 is 5.73 Å². The molecule has 2 aromatic rings. The van der Waals surface area contributed by atoms with Gasteiger partial charge in [-0.15, -0.1) is 0 Å². The third kappa shape index (κ3) is 3.65. The second-order valence-electron chi connectivity index (χ2n) is 4.55. The van der Waals surface area contributed by atoms with Crippen LogP contribution in [0.1, 0.15) is 23.7 Å². The lowest BCUT2D eigenvalue weighted by Gasteiger charge is -2.11. The second kappa shape index (κ2) is 6.64. The van der Waals surface area contributed by atoms with Crippen molar-refractivity contribution >= 4 is 5.97 Å². The van der Waals surface area contributed by atoms with Crippen LogP contribution in [0.15, 0.2) is 42.6 Å².